The van der Waals surface area contributed by atoms with E-state index in [2.05, 4.69) is 0 Å². The molecule has 1 aliphatic heterocycles. The molecule has 1 aromatic rings. The minimum atomic E-state index is -0.642. The summed E-state index contributed by atoms with van der Waals surface area (Å²) in [6.45, 7) is 3.58. The number of furan rings is 1. The first-order chi connectivity index (χ1) is 7.94. The van der Waals surface area contributed by atoms with Crippen LogP contribution < -0.4 is 0 Å². The average molecular weight is 235 g/mol. The maximum absolute atomic E-state index is 11.9. The standard InChI is InChI=1S/C12H13NO4/c1-12(2)5-10(15)13(11(12)16)6-8-3-4-9(7-14)17-8/h3-4,7H,5-6H2,1-2H3. The number of rotatable bonds is 3. The summed E-state index contributed by atoms with van der Waals surface area (Å²) in [6.07, 6.45) is 0.800. The van der Waals surface area contributed by atoms with Crippen molar-refractivity contribution < 1.29 is 18.8 Å². The second kappa shape index (κ2) is 3.84. The summed E-state index contributed by atoms with van der Waals surface area (Å²) in [7, 11) is 0. The third-order valence-electron chi connectivity index (χ3n) is 2.83. The maximum Gasteiger partial charge on any atom is 0.235 e. The minimum absolute atomic E-state index is 0.0922. The number of likely N-dealkylation sites (tertiary alicyclic amines) is 1. The molecule has 1 aliphatic rings. The normalized spacial score (nSPS) is 18.8. The molecular weight excluding hydrogens is 222 g/mol. The van der Waals surface area contributed by atoms with Crippen LogP contribution in [0.15, 0.2) is 16.5 Å². The molecular formula is C12H13NO4. The Morgan fingerprint density at radius 1 is 1.41 bits per heavy atom. The second-order valence-electron chi connectivity index (χ2n) is 4.77. The fourth-order valence-corrected chi connectivity index (χ4v) is 1.89. The molecule has 17 heavy (non-hydrogen) atoms. The molecule has 2 amide bonds. The first-order valence-electron chi connectivity index (χ1n) is 5.33. The Balaban J connectivity index is 2.16. The van der Waals surface area contributed by atoms with Crippen LogP contribution in [0.25, 0.3) is 0 Å². The van der Waals surface area contributed by atoms with E-state index in [1.54, 1.807) is 19.9 Å². The van der Waals surface area contributed by atoms with E-state index in [1.807, 2.05) is 0 Å². The van der Waals surface area contributed by atoms with Gasteiger partial charge in [-0.15, -0.1) is 0 Å². The number of aldehydes is 1. The van der Waals surface area contributed by atoms with Crippen molar-refractivity contribution in [3.63, 3.8) is 0 Å². The summed E-state index contributed by atoms with van der Waals surface area (Å²) >= 11 is 0. The monoisotopic (exact) mass is 235 g/mol. The molecule has 0 bridgehead atoms. The molecule has 2 heterocycles. The van der Waals surface area contributed by atoms with Crippen LogP contribution in [0, 0.1) is 5.41 Å². The zero-order valence-corrected chi connectivity index (χ0v) is 9.73. The topological polar surface area (TPSA) is 67.6 Å². The van der Waals surface area contributed by atoms with E-state index in [0.717, 1.165) is 0 Å². The van der Waals surface area contributed by atoms with E-state index in [0.29, 0.717) is 12.0 Å². The molecule has 1 fully saturated rings. The Morgan fingerprint density at radius 3 is 2.59 bits per heavy atom. The van der Waals surface area contributed by atoms with Gasteiger partial charge in [-0.1, -0.05) is 13.8 Å². The number of carbonyl (C=O) groups excluding carboxylic acids is 3. The van der Waals surface area contributed by atoms with E-state index >= 15 is 0 Å². The molecule has 2 rings (SSSR count). The molecule has 1 aromatic heterocycles. The number of hydrogen-bond donors (Lipinski definition) is 0. The highest BCUT2D eigenvalue weighted by atomic mass is 16.3. The van der Waals surface area contributed by atoms with Crippen LogP contribution in [0.1, 0.15) is 36.6 Å². The van der Waals surface area contributed by atoms with Crippen molar-refractivity contribution in [2.75, 3.05) is 0 Å². The lowest BCUT2D eigenvalue weighted by atomic mass is 9.92. The van der Waals surface area contributed by atoms with Crippen molar-refractivity contribution in [1.82, 2.24) is 4.90 Å². The first kappa shape index (κ1) is 11.6. The van der Waals surface area contributed by atoms with Crippen molar-refractivity contribution in [2.24, 2.45) is 5.41 Å². The summed E-state index contributed by atoms with van der Waals surface area (Å²) in [5.74, 6) is 0.223. The van der Waals surface area contributed by atoms with Gasteiger partial charge in [-0.25, -0.2) is 0 Å². The lowest BCUT2D eigenvalue weighted by Crippen LogP contribution is -2.32. The van der Waals surface area contributed by atoms with Crippen LogP contribution in [0.4, 0.5) is 0 Å². The van der Waals surface area contributed by atoms with Crippen LogP contribution in [0.2, 0.25) is 0 Å². The molecule has 0 aromatic carbocycles. The Labute approximate surface area is 98.4 Å². The fourth-order valence-electron chi connectivity index (χ4n) is 1.89. The van der Waals surface area contributed by atoms with Crippen molar-refractivity contribution in [3.8, 4) is 0 Å². The fraction of sp³-hybridized carbons (Fsp3) is 0.417. The van der Waals surface area contributed by atoms with Crippen molar-refractivity contribution >= 4 is 18.1 Å². The van der Waals surface area contributed by atoms with Crippen molar-refractivity contribution in [1.29, 1.82) is 0 Å². The van der Waals surface area contributed by atoms with Crippen molar-refractivity contribution in [2.45, 2.75) is 26.8 Å². The minimum Gasteiger partial charge on any atom is -0.456 e. The highest BCUT2D eigenvalue weighted by Crippen LogP contribution is 2.32. The number of hydrogen-bond acceptors (Lipinski definition) is 4. The summed E-state index contributed by atoms with van der Waals surface area (Å²) in [6, 6.07) is 3.11. The second-order valence-corrected chi connectivity index (χ2v) is 4.77. The van der Waals surface area contributed by atoms with Gasteiger partial charge in [0.15, 0.2) is 12.0 Å². The third kappa shape index (κ3) is 2.00. The molecule has 0 saturated carbocycles. The van der Waals surface area contributed by atoms with Crippen LogP contribution in [0.3, 0.4) is 0 Å². The molecule has 0 spiro atoms. The lowest BCUT2D eigenvalue weighted by Gasteiger charge is -2.16. The number of nitrogens with zero attached hydrogens (tertiary/aromatic N) is 1. The lowest BCUT2D eigenvalue weighted by molar-refractivity contribution is -0.141. The SMILES string of the molecule is CC1(C)CC(=O)N(Cc2ccc(C=O)o2)C1=O. The average Bonchev–Trinajstić information content (AvgIpc) is 2.78. The summed E-state index contributed by atoms with van der Waals surface area (Å²) < 4.78 is 5.15. The van der Waals surface area contributed by atoms with Crippen LogP contribution in [-0.4, -0.2) is 23.0 Å². The predicted molar refractivity (Wildman–Crippen MR) is 58.1 cm³/mol. The Morgan fingerprint density at radius 2 is 2.12 bits per heavy atom. The molecule has 1 saturated heterocycles. The van der Waals surface area contributed by atoms with Crippen LogP contribution in [0.5, 0.6) is 0 Å². The quantitative estimate of drug-likeness (QED) is 0.586. The van der Waals surface area contributed by atoms with Crippen molar-refractivity contribution in [3.05, 3.63) is 23.7 Å². The predicted octanol–water partition coefficient (Wildman–Crippen LogP) is 1.38. The van der Waals surface area contributed by atoms with Gasteiger partial charge in [0.25, 0.3) is 0 Å². The van der Waals surface area contributed by atoms with Gasteiger partial charge in [-0.2, -0.15) is 0 Å². The molecule has 90 valence electrons. The summed E-state index contributed by atoms with van der Waals surface area (Å²) in [5, 5.41) is 0. The first-order valence-corrected chi connectivity index (χ1v) is 5.33. The van der Waals surface area contributed by atoms with Crippen LogP contribution >= 0.6 is 0 Å². The zero-order valence-electron chi connectivity index (χ0n) is 9.73. The Hall–Kier alpha value is -1.91. The highest BCUT2D eigenvalue weighted by molar-refractivity contribution is 6.05. The van der Waals surface area contributed by atoms with E-state index in [4.69, 9.17) is 4.42 Å². The van der Waals surface area contributed by atoms with Gasteiger partial charge >= 0.3 is 0 Å². The van der Waals surface area contributed by atoms with Gasteiger partial charge in [-0.05, 0) is 12.1 Å². The Kier molecular flexibility index (Phi) is 2.61. The molecule has 0 unspecified atom stereocenters. The number of amides is 2. The summed E-state index contributed by atoms with van der Waals surface area (Å²) in [5.41, 5.74) is -0.642. The molecule has 0 radical (unpaired) electrons. The molecule has 5 heteroatoms. The van der Waals surface area contributed by atoms with E-state index in [9.17, 15) is 14.4 Å². The van der Waals surface area contributed by atoms with Gasteiger partial charge in [0.05, 0.1) is 12.0 Å². The maximum atomic E-state index is 11.9. The highest BCUT2D eigenvalue weighted by Gasteiger charge is 2.44. The van der Waals surface area contributed by atoms with Crippen LogP contribution in [-0.2, 0) is 16.1 Å². The van der Waals surface area contributed by atoms with Gasteiger partial charge < -0.3 is 4.42 Å². The molecule has 0 atom stereocenters. The van der Waals surface area contributed by atoms with Gasteiger partial charge in [-0.3, -0.25) is 19.3 Å². The summed E-state index contributed by atoms with van der Waals surface area (Å²) in [4.78, 5) is 35.2. The van der Waals surface area contributed by atoms with Gasteiger partial charge in [0.2, 0.25) is 11.8 Å². The van der Waals surface area contributed by atoms with Gasteiger partial charge in [0, 0.05) is 6.42 Å². The number of imide groups is 1. The molecule has 5 nitrogen and oxygen atoms in total. The van der Waals surface area contributed by atoms with E-state index in [-0.39, 0.29) is 30.5 Å². The Bertz CT molecular complexity index is 486. The third-order valence-corrected chi connectivity index (χ3v) is 2.83. The smallest absolute Gasteiger partial charge is 0.235 e. The molecule has 0 N–H and O–H groups in total. The van der Waals surface area contributed by atoms with E-state index in [1.165, 1.54) is 11.0 Å². The van der Waals surface area contributed by atoms with Gasteiger partial charge in [0.1, 0.15) is 5.76 Å². The zero-order chi connectivity index (χ0) is 12.6. The molecule has 0 aliphatic carbocycles. The van der Waals surface area contributed by atoms with E-state index < -0.39 is 5.41 Å². The largest absolute Gasteiger partial charge is 0.456 e. The number of carbonyl (C=O) groups is 3.